The van der Waals surface area contributed by atoms with Gasteiger partial charge in [0, 0.05) is 39.7 Å². The molecule has 0 radical (unpaired) electrons. The van der Waals surface area contributed by atoms with E-state index >= 15 is 0 Å². The maximum absolute atomic E-state index is 12.5. The first-order chi connectivity index (χ1) is 11.5. The lowest BCUT2D eigenvalue weighted by molar-refractivity contribution is -0.139. The molecule has 2 aliphatic rings. The van der Waals surface area contributed by atoms with Crippen molar-refractivity contribution >= 4 is 11.8 Å². The predicted octanol–water partition coefficient (Wildman–Crippen LogP) is 2.08. The van der Waals surface area contributed by atoms with Crippen LogP contribution in [0.4, 0.5) is 0 Å². The monoisotopic (exact) mass is 334 g/mol. The number of carbonyl (C=O) groups excluding carboxylic acids is 2. The van der Waals surface area contributed by atoms with Crippen molar-refractivity contribution in [3.05, 3.63) is 23.7 Å². The van der Waals surface area contributed by atoms with Crippen molar-refractivity contribution in [3.63, 3.8) is 0 Å². The van der Waals surface area contributed by atoms with Crippen LogP contribution in [-0.2, 0) is 9.53 Å². The van der Waals surface area contributed by atoms with E-state index in [1.807, 2.05) is 22.8 Å². The minimum Gasteiger partial charge on any atom is -0.456 e. The predicted molar refractivity (Wildman–Crippen MR) is 88.7 cm³/mol. The molecule has 2 fully saturated rings. The molecule has 2 amide bonds. The third-order valence-corrected chi connectivity index (χ3v) is 5.38. The van der Waals surface area contributed by atoms with E-state index in [0.29, 0.717) is 25.3 Å². The summed E-state index contributed by atoms with van der Waals surface area (Å²) < 4.78 is 10.6. The first-order valence-corrected chi connectivity index (χ1v) is 8.65. The summed E-state index contributed by atoms with van der Waals surface area (Å²) in [6, 6.07) is 3.56. The molecular formula is C18H26N2O4. The van der Waals surface area contributed by atoms with Crippen LogP contribution >= 0.6 is 0 Å². The Morgan fingerprint density at radius 2 is 2.04 bits per heavy atom. The van der Waals surface area contributed by atoms with Crippen LogP contribution in [-0.4, -0.2) is 61.5 Å². The summed E-state index contributed by atoms with van der Waals surface area (Å²) in [5.74, 6) is 1.37. The molecule has 2 aliphatic heterocycles. The van der Waals surface area contributed by atoms with Crippen molar-refractivity contribution in [2.24, 2.45) is 5.41 Å². The molecule has 0 bridgehead atoms. The fourth-order valence-electron chi connectivity index (χ4n) is 3.81. The number of methoxy groups -OCH3 is 1. The minimum atomic E-state index is -0.0268. The number of hydrogen-bond donors (Lipinski definition) is 0. The lowest BCUT2D eigenvalue weighted by Gasteiger charge is -2.47. The molecule has 3 heterocycles. The molecule has 0 saturated carbocycles. The quantitative estimate of drug-likeness (QED) is 0.846. The van der Waals surface area contributed by atoms with E-state index in [0.717, 1.165) is 44.7 Å². The van der Waals surface area contributed by atoms with Crippen LogP contribution in [0.15, 0.2) is 16.5 Å². The Balaban J connectivity index is 1.59. The molecule has 0 aliphatic carbocycles. The summed E-state index contributed by atoms with van der Waals surface area (Å²) >= 11 is 0. The van der Waals surface area contributed by atoms with E-state index in [2.05, 4.69) is 0 Å². The van der Waals surface area contributed by atoms with Gasteiger partial charge in [0.05, 0.1) is 6.61 Å². The third kappa shape index (κ3) is 3.48. The molecule has 0 unspecified atom stereocenters. The molecule has 6 heteroatoms. The molecule has 24 heavy (non-hydrogen) atoms. The number of amides is 2. The number of ether oxygens (including phenoxy) is 1. The number of aryl methyl sites for hydroxylation is 1. The molecule has 132 valence electrons. The zero-order chi connectivity index (χ0) is 17.2. The van der Waals surface area contributed by atoms with Gasteiger partial charge in [-0.3, -0.25) is 9.59 Å². The van der Waals surface area contributed by atoms with Crippen LogP contribution in [0, 0.1) is 12.3 Å². The van der Waals surface area contributed by atoms with Gasteiger partial charge in [-0.25, -0.2) is 0 Å². The Bertz CT molecular complexity index is 602. The maximum Gasteiger partial charge on any atom is 0.289 e. The van der Waals surface area contributed by atoms with E-state index < -0.39 is 0 Å². The minimum absolute atomic E-state index is 0.0268. The largest absolute Gasteiger partial charge is 0.456 e. The van der Waals surface area contributed by atoms with Gasteiger partial charge < -0.3 is 19.0 Å². The number of hydrogen-bond acceptors (Lipinski definition) is 4. The Labute approximate surface area is 142 Å². The van der Waals surface area contributed by atoms with Crippen LogP contribution in [0.1, 0.15) is 42.0 Å². The smallest absolute Gasteiger partial charge is 0.289 e. The van der Waals surface area contributed by atoms with Gasteiger partial charge in [-0.1, -0.05) is 0 Å². The second-order valence-corrected chi connectivity index (χ2v) is 7.01. The highest BCUT2D eigenvalue weighted by atomic mass is 16.5. The fourth-order valence-corrected chi connectivity index (χ4v) is 3.81. The standard InChI is InChI=1S/C18H26N2O4/c1-14-3-4-15(24-14)17(22)19-9-7-18(8-10-19)6-5-16(21)20(13-18)11-12-23-2/h3-4H,5-13H2,1-2H3. The maximum atomic E-state index is 12.5. The molecule has 0 atom stereocenters. The molecule has 2 saturated heterocycles. The number of piperidine rings is 2. The summed E-state index contributed by atoms with van der Waals surface area (Å²) in [6.07, 6.45) is 3.41. The van der Waals surface area contributed by atoms with E-state index in [-0.39, 0.29) is 17.2 Å². The van der Waals surface area contributed by atoms with Crippen LogP contribution in [0.3, 0.4) is 0 Å². The Morgan fingerprint density at radius 1 is 1.29 bits per heavy atom. The molecule has 3 rings (SSSR count). The van der Waals surface area contributed by atoms with E-state index in [9.17, 15) is 9.59 Å². The second-order valence-electron chi connectivity index (χ2n) is 7.01. The summed E-state index contributed by atoms with van der Waals surface area (Å²) in [5, 5.41) is 0. The highest BCUT2D eigenvalue weighted by molar-refractivity contribution is 5.91. The molecule has 1 aromatic heterocycles. The number of rotatable bonds is 4. The molecule has 6 nitrogen and oxygen atoms in total. The SMILES string of the molecule is COCCN1CC2(CCC1=O)CCN(C(=O)c1ccc(C)o1)CC2. The Kier molecular flexibility index (Phi) is 4.94. The van der Waals surface area contributed by atoms with Gasteiger partial charge >= 0.3 is 0 Å². The van der Waals surface area contributed by atoms with Crippen LogP contribution in [0.25, 0.3) is 0 Å². The number of nitrogens with zero attached hydrogens (tertiary/aromatic N) is 2. The summed E-state index contributed by atoms with van der Waals surface area (Å²) in [5.41, 5.74) is 0.150. The summed E-state index contributed by atoms with van der Waals surface area (Å²) in [7, 11) is 1.66. The first kappa shape index (κ1) is 17.0. The Morgan fingerprint density at radius 3 is 2.67 bits per heavy atom. The van der Waals surface area contributed by atoms with Gasteiger partial charge in [-0.05, 0) is 43.7 Å². The average Bonchev–Trinajstić information content (AvgIpc) is 3.02. The molecule has 0 N–H and O–H groups in total. The van der Waals surface area contributed by atoms with Crippen molar-refractivity contribution in [1.82, 2.24) is 9.80 Å². The first-order valence-electron chi connectivity index (χ1n) is 8.65. The van der Waals surface area contributed by atoms with E-state index in [1.54, 1.807) is 13.2 Å². The van der Waals surface area contributed by atoms with Crippen molar-refractivity contribution < 1.29 is 18.7 Å². The van der Waals surface area contributed by atoms with Crippen LogP contribution < -0.4 is 0 Å². The molecule has 1 spiro atoms. The van der Waals surface area contributed by atoms with Crippen molar-refractivity contribution in [2.45, 2.75) is 32.6 Å². The normalized spacial score (nSPS) is 20.7. The number of furan rings is 1. The second kappa shape index (κ2) is 6.97. The highest BCUT2D eigenvalue weighted by Gasteiger charge is 2.41. The van der Waals surface area contributed by atoms with E-state index in [4.69, 9.17) is 9.15 Å². The topological polar surface area (TPSA) is 63.0 Å². The van der Waals surface area contributed by atoms with Gasteiger partial charge in [-0.15, -0.1) is 0 Å². The van der Waals surface area contributed by atoms with E-state index in [1.165, 1.54) is 0 Å². The van der Waals surface area contributed by atoms with Gasteiger partial charge in [0.25, 0.3) is 5.91 Å². The molecule has 1 aromatic rings. The average molecular weight is 334 g/mol. The fraction of sp³-hybridized carbons (Fsp3) is 0.667. The molecular weight excluding hydrogens is 308 g/mol. The zero-order valence-corrected chi connectivity index (χ0v) is 14.5. The number of likely N-dealkylation sites (tertiary alicyclic amines) is 2. The zero-order valence-electron chi connectivity index (χ0n) is 14.5. The van der Waals surface area contributed by atoms with Crippen molar-refractivity contribution in [3.8, 4) is 0 Å². The van der Waals surface area contributed by atoms with Gasteiger partial charge in [0.15, 0.2) is 5.76 Å². The van der Waals surface area contributed by atoms with Gasteiger partial charge in [0.2, 0.25) is 5.91 Å². The third-order valence-electron chi connectivity index (χ3n) is 5.38. The number of carbonyl (C=O) groups is 2. The van der Waals surface area contributed by atoms with Gasteiger partial charge in [-0.2, -0.15) is 0 Å². The Hall–Kier alpha value is -1.82. The van der Waals surface area contributed by atoms with Crippen molar-refractivity contribution in [2.75, 3.05) is 39.9 Å². The highest BCUT2D eigenvalue weighted by Crippen LogP contribution is 2.40. The van der Waals surface area contributed by atoms with Crippen molar-refractivity contribution in [1.29, 1.82) is 0 Å². The lowest BCUT2D eigenvalue weighted by atomic mass is 9.72. The van der Waals surface area contributed by atoms with Crippen LogP contribution in [0.5, 0.6) is 0 Å². The summed E-state index contributed by atoms with van der Waals surface area (Å²) in [4.78, 5) is 28.4. The summed E-state index contributed by atoms with van der Waals surface area (Å²) in [6.45, 7) is 5.32. The lowest BCUT2D eigenvalue weighted by Crippen LogP contribution is -2.52. The van der Waals surface area contributed by atoms with Crippen LogP contribution in [0.2, 0.25) is 0 Å². The molecule has 0 aromatic carbocycles. The van der Waals surface area contributed by atoms with Gasteiger partial charge in [0.1, 0.15) is 5.76 Å².